The minimum Gasteiger partial charge on any atom is -0.493 e. The van der Waals surface area contributed by atoms with Crippen LogP contribution in [0.2, 0.25) is 0 Å². The fraction of sp³-hybridized carbons (Fsp3) is 0.500. The SMILES string of the molecule is COc1cc2c(c([N+](=O)[O-])c1OC)CC1CC21. The first-order valence-corrected chi connectivity index (χ1v) is 5.59. The van der Waals surface area contributed by atoms with E-state index >= 15 is 0 Å². The third-order valence-electron chi connectivity index (χ3n) is 3.75. The minimum absolute atomic E-state index is 0.0917. The van der Waals surface area contributed by atoms with Gasteiger partial charge in [-0.05, 0) is 36.3 Å². The molecule has 17 heavy (non-hydrogen) atoms. The van der Waals surface area contributed by atoms with Crippen LogP contribution in [0.25, 0.3) is 0 Å². The lowest BCUT2D eigenvalue weighted by Crippen LogP contribution is -2.02. The van der Waals surface area contributed by atoms with Gasteiger partial charge in [-0.15, -0.1) is 0 Å². The third-order valence-corrected chi connectivity index (χ3v) is 3.75. The highest BCUT2D eigenvalue weighted by molar-refractivity contribution is 5.67. The number of rotatable bonds is 3. The molecule has 2 atom stereocenters. The highest BCUT2D eigenvalue weighted by Gasteiger charge is 2.49. The molecule has 0 heterocycles. The molecule has 5 heteroatoms. The Labute approximate surface area is 98.5 Å². The number of benzene rings is 1. The van der Waals surface area contributed by atoms with Gasteiger partial charge in [-0.1, -0.05) is 0 Å². The van der Waals surface area contributed by atoms with Crippen LogP contribution in [0.1, 0.15) is 23.5 Å². The molecule has 0 N–H and O–H groups in total. The Balaban J connectivity index is 2.25. The van der Waals surface area contributed by atoms with Crippen LogP contribution in [-0.2, 0) is 6.42 Å². The van der Waals surface area contributed by atoms with E-state index in [9.17, 15) is 10.1 Å². The summed E-state index contributed by atoms with van der Waals surface area (Å²) >= 11 is 0. The molecule has 90 valence electrons. The van der Waals surface area contributed by atoms with Crippen molar-refractivity contribution in [2.45, 2.75) is 18.8 Å². The van der Waals surface area contributed by atoms with E-state index in [0.717, 1.165) is 24.0 Å². The fourth-order valence-electron chi connectivity index (χ4n) is 2.89. The zero-order valence-corrected chi connectivity index (χ0v) is 9.73. The maximum Gasteiger partial charge on any atom is 0.318 e. The van der Waals surface area contributed by atoms with E-state index in [4.69, 9.17) is 9.47 Å². The first-order valence-electron chi connectivity index (χ1n) is 5.59. The van der Waals surface area contributed by atoms with Gasteiger partial charge in [0.15, 0.2) is 5.75 Å². The summed E-state index contributed by atoms with van der Waals surface area (Å²) in [6.45, 7) is 0. The summed E-state index contributed by atoms with van der Waals surface area (Å²) in [5.74, 6) is 1.81. The van der Waals surface area contributed by atoms with Gasteiger partial charge in [-0.25, -0.2) is 0 Å². The molecule has 0 aromatic heterocycles. The smallest absolute Gasteiger partial charge is 0.318 e. The molecule has 1 saturated carbocycles. The van der Waals surface area contributed by atoms with E-state index in [1.165, 1.54) is 14.2 Å². The van der Waals surface area contributed by atoms with E-state index in [0.29, 0.717) is 17.6 Å². The Morgan fingerprint density at radius 1 is 1.41 bits per heavy atom. The lowest BCUT2D eigenvalue weighted by Gasteiger charge is -2.12. The average Bonchev–Trinajstić information content (AvgIpc) is 2.99. The van der Waals surface area contributed by atoms with Crippen LogP contribution in [0.15, 0.2) is 6.07 Å². The van der Waals surface area contributed by atoms with Gasteiger partial charge in [-0.2, -0.15) is 0 Å². The number of nitro groups is 1. The second-order valence-corrected chi connectivity index (χ2v) is 4.59. The third kappa shape index (κ3) is 1.31. The van der Waals surface area contributed by atoms with E-state index in [1.807, 2.05) is 6.07 Å². The summed E-state index contributed by atoms with van der Waals surface area (Å²) in [5.41, 5.74) is 2.02. The fourth-order valence-corrected chi connectivity index (χ4v) is 2.89. The van der Waals surface area contributed by atoms with Crippen LogP contribution < -0.4 is 9.47 Å². The molecule has 2 aliphatic carbocycles. The summed E-state index contributed by atoms with van der Waals surface area (Å²) in [6, 6.07) is 1.90. The zero-order chi connectivity index (χ0) is 12.2. The Bertz CT molecular complexity index is 508. The van der Waals surface area contributed by atoms with E-state index in [1.54, 1.807) is 0 Å². The minimum atomic E-state index is -0.356. The molecule has 1 aromatic rings. The van der Waals surface area contributed by atoms with Gasteiger partial charge < -0.3 is 9.47 Å². The maximum atomic E-state index is 11.2. The molecule has 0 saturated heterocycles. The predicted octanol–water partition coefficient (Wildman–Crippen LogP) is 2.27. The molecule has 0 radical (unpaired) electrons. The number of ether oxygens (including phenoxy) is 2. The summed E-state index contributed by atoms with van der Waals surface area (Å²) in [7, 11) is 2.94. The molecule has 0 amide bonds. The van der Waals surface area contributed by atoms with Gasteiger partial charge in [-0.3, -0.25) is 10.1 Å². The second kappa shape index (κ2) is 3.35. The normalized spacial score (nSPS) is 23.9. The molecule has 1 aromatic carbocycles. The summed E-state index contributed by atoms with van der Waals surface area (Å²) < 4.78 is 10.3. The van der Waals surface area contributed by atoms with Crippen molar-refractivity contribution in [2.75, 3.05) is 14.2 Å². The maximum absolute atomic E-state index is 11.2. The largest absolute Gasteiger partial charge is 0.493 e. The van der Waals surface area contributed by atoms with Crippen molar-refractivity contribution in [1.82, 2.24) is 0 Å². The van der Waals surface area contributed by atoms with Crippen molar-refractivity contribution in [1.29, 1.82) is 0 Å². The molecule has 0 bridgehead atoms. The Morgan fingerprint density at radius 2 is 2.18 bits per heavy atom. The lowest BCUT2D eigenvalue weighted by atomic mass is 10.0. The van der Waals surface area contributed by atoms with Crippen molar-refractivity contribution in [3.8, 4) is 11.5 Å². The predicted molar refractivity (Wildman–Crippen MR) is 60.8 cm³/mol. The topological polar surface area (TPSA) is 61.6 Å². The van der Waals surface area contributed by atoms with Crippen molar-refractivity contribution >= 4 is 5.69 Å². The molecular formula is C12H13NO4. The summed E-state index contributed by atoms with van der Waals surface area (Å²) in [5, 5.41) is 11.2. The second-order valence-electron chi connectivity index (χ2n) is 4.59. The molecular weight excluding hydrogens is 222 g/mol. The van der Waals surface area contributed by atoms with Crippen LogP contribution in [-0.4, -0.2) is 19.1 Å². The van der Waals surface area contributed by atoms with E-state index < -0.39 is 0 Å². The van der Waals surface area contributed by atoms with E-state index in [-0.39, 0.29) is 16.4 Å². The van der Waals surface area contributed by atoms with Gasteiger partial charge in [0.1, 0.15) is 0 Å². The van der Waals surface area contributed by atoms with Gasteiger partial charge in [0.25, 0.3) is 0 Å². The molecule has 3 rings (SSSR count). The Hall–Kier alpha value is -1.78. The lowest BCUT2D eigenvalue weighted by molar-refractivity contribution is -0.386. The van der Waals surface area contributed by atoms with Crippen molar-refractivity contribution in [3.63, 3.8) is 0 Å². The van der Waals surface area contributed by atoms with Crippen molar-refractivity contribution < 1.29 is 14.4 Å². The summed E-state index contributed by atoms with van der Waals surface area (Å²) in [4.78, 5) is 10.8. The molecule has 2 unspecified atom stereocenters. The first kappa shape index (κ1) is 10.4. The average molecular weight is 235 g/mol. The highest BCUT2D eigenvalue weighted by atomic mass is 16.6. The number of fused-ring (bicyclic) bond motifs is 3. The molecule has 5 nitrogen and oxygen atoms in total. The molecule has 0 spiro atoms. The van der Waals surface area contributed by atoms with Crippen molar-refractivity contribution in [2.24, 2.45) is 5.92 Å². The summed E-state index contributed by atoms with van der Waals surface area (Å²) in [6.07, 6.45) is 1.95. The van der Waals surface area contributed by atoms with Crippen LogP contribution >= 0.6 is 0 Å². The van der Waals surface area contributed by atoms with Gasteiger partial charge in [0.2, 0.25) is 5.75 Å². The van der Waals surface area contributed by atoms with Crippen LogP contribution in [0.4, 0.5) is 5.69 Å². The van der Waals surface area contributed by atoms with Crippen LogP contribution in [0, 0.1) is 16.0 Å². The van der Waals surface area contributed by atoms with E-state index in [2.05, 4.69) is 0 Å². The quantitative estimate of drug-likeness (QED) is 0.595. The standard InChI is InChI=1S/C12H13NO4/c1-16-10-5-8-7-3-6(7)4-9(8)11(13(14)15)12(10)17-2/h5-7H,3-4H2,1-2H3. The van der Waals surface area contributed by atoms with Crippen molar-refractivity contribution in [3.05, 3.63) is 27.3 Å². The molecule has 0 aliphatic heterocycles. The monoisotopic (exact) mass is 235 g/mol. The van der Waals surface area contributed by atoms with Gasteiger partial charge in [0.05, 0.1) is 19.1 Å². The number of methoxy groups -OCH3 is 2. The molecule has 1 fully saturated rings. The zero-order valence-electron chi connectivity index (χ0n) is 9.73. The van der Waals surface area contributed by atoms with Crippen LogP contribution in [0.3, 0.4) is 0 Å². The number of nitrogens with zero attached hydrogens (tertiary/aromatic N) is 1. The highest BCUT2D eigenvalue weighted by Crippen LogP contribution is 2.60. The first-order chi connectivity index (χ1) is 8.17. The number of nitro benzene ring substituents is 1. The number of hydrogen-bond acceptors (Lipinski definition) is 4. The van der Waals surface area contributed by atoms with Gasteiger partial charge >= 0.3 is 5.69 Å². The van der Waals surface area contributed by atoms with Gasteiger partial charge in [0, 0.05) is 5.56 Å². The Morgan fingerprint density at radius 3 is 2.76 bits per heavy atom. The Kier molecular flexibility index (Phi) is 2.05. The molecule has 2 aliphatic rings. The number of hydrogen-bond donors (Lipinski definition) is 0. The van der Waals surface area contributed by atoms with Crippen LogP contribution in [0.5, 0.6) is 11.5 Å².